The maximum Gasteiger partial charge on any atom is 0.353 e. The van der Waals surface area contributed by atoms with Crippen molar-refractivity contribution in [3.63, 3.8) is 0 Å². The molecule has 0 atom stereocenters. The highest BCUT2D eigenvalue weighted by Crippen LogP contribution is 2.33. The summed E-state index contributed by atoms with van der Waals surface area (Å²) in [5, 5.41) is 23.8. The molecule has 0 aliphatic rings. The molecular formula is C19H25N5O5. The smallest absolute Gasteiger partial charge is 0.353 e. The fraction of sp³-hybridized carbons (Fsp3) is 0.421. The summed E-state index contributed by atoms with van der Waals surface area (Å²) in [6.45, 7) is 6.52. The van der Waals surface area contributed by atoms with Crippen molar-refractivity contribution in [3.05, 3.63) is 46.3 Å². The number of hydrogen-bond acceptors (Lipinski definition) is 9. The van der Waals surface area contributed by atoms with E-state index < -0.39 is 10.9 Å². The molecule has 2 aromatic rings. The number of ether oxygens (including phenoxy) is 1. The molecule has 0 saturated heterocycles. The van der Waals surface area contributed by atoms with Gasteiger partial charge in [0.15, 0.2) is 0 Å². The average Bonchev–Trinajstić information content (AvgIpc) is 2.70. The van der Waals surface area contributed by atoms with Gasteiger partial charge < -0.3 is 20.1 Å². The Labute approximate surface area is 168 Å². The molecule has 0 amide bonds. The Balaban J connectivity index is 2.25. The van der Waals surface area contributed by atoms with Gasteiger partial charge in [-0.25, -0.2) is 14.8 Å². The number of carbonyl (C=O) groups excluding carboxylic acids is 1. The zero-order chi connectivity index (χ0) is 21.4. The van der Waals surface area contributed by atoms with E-state index in [9.17, 15) is 20.0 Å². The van der Waals surface area contributed by atoms with Crippen LogP contribution < -0.4 is 10.2 Å². The molecule has 10 heteroatoms. The van der Waals surface area contributed by atoms with Gasteiger partial charge in [-0.15, -0.1) is 0 Å². The van der Waals surface area contributed by atoms with E-state index in [1.807, 2.05) is 20.8 Å². The minimum atomic E-state index is -0.560. The average molecular weight is 403 g/mol. The van der Waals surface area contributed by atoms with Crippen LogP contribution >= 0.6 is 0 Å². The van der Waals surface area contributed by atoms with E-state index in [0.29, 0.717) is 24.4 Å². The third-order valence-corrected chi connectivity index (χ3v) is 3.97. The fourth-order valence-electron chi connectivity index (χ4n) is 2.55. The highest BCUT2D eigenvalue weighted by molar-refractivity contribution is 5.90. The standard InChI is InChI=1S/C19H25N5O5/c1-4-23(9-10-25)18-16(24(27)28)17(20-12-21-18)22-15-7-5-14(6-8-15)19(26)29-11-13(2)3/h5-8,12-13,25H,4,9-11H2,1-3H3,(H,20,21,22). The number of aliphatic hydroxyl groups is 1. The number of likely N-dealkylation sites (N-methyl/N-ethyl adjacent to an activating group) is 1. The topological polar surface area (TPSA) is 131 Å². The van der Waals surface area contributed by atoms with Crippen LogP contribution in [-0.2, 0) is 4.74 Å². The van der Waals surface area contributed by atoms with Gasteiger partial charge in [0.25, 0.3) is 0 Å². The molecule has 0 aliphatic carbocycles. The fourth-order valence-corrected chi connectivity index (χ4v) is 2.55. The van der Waals surface area contributed by atoms with Crippen molar-refractivity contribution < 1.29 is 19.6 Å². The molecule has 0 aliphatic heterocycles. The lowest BCUT2D eigenvalue weighted by Gasteiger charge is -2.20. The second-order valence-electron chi connectivity index (χ2n) is 6.65. The maximum absolute atomic E-state index is 12.0. The van der Waals surface area contributed by atoms with E-state index >= 15 is 0 Å². The van der Waals surface area contributed by atoms with Crippen molar-refractivity contribution in [3.8, 4) is 0 Å². The number of aliphatic hydroxyl groups excluding tert-OH is 1. The van der Waals surface area contributed by atoms with E-state index in [4.69, 9.17) is 4.74 Å². The first-order valence-electron chi connectivity index (χ1n) is 9.26. The zero-order valence-corrected chi connectivity index (χ0v) is 16.7. The first-order valence-corrected chi connectivity index (χ1v) is 9.26. The highest BCUT2D eigenvalue weighted by Gasteiger charge is 2.26. The third-order valence-electron chi connectivity index (χ3n) is 3.97. The molecule has 0 fully saturated rings. The van der Waals surface area contributed by atoms with Crippen LogP contribution in [0.3, 0.4) is 0 Å². The molecule has 2 rings (SSSR count). The summed E-state index contributed by atoms with van der Waals surface area (Å²) in [6.07, 6.45) is 1.22. The van der Waals surface area contributed by atoms with Crippen LogP contribution in [0.4, 0.5) is 23.0 Å². The van der Waals surface area contributed by atoms with E-state index in [-0.39, 0.29) is 36.4 Å². The summed E-state index contributed by atoms with van der Waals surface area (Å²) in [4.78, 5) is 32.7. The molecule has 2 N–H and O–H groups in total. The van der Waals surface area contributed by atoms with Crippen LogP contribution in [0.2, 0.25) is 0 Å². The first kappa shape index (κ1) is 22.0. The quantitative estimate of drug-likeness (QED) is 0.349. The second-order valence-corrected chi connectivity index (χ2v) is 6.65. The molecule has 29 heavy (non-hydrogen) atoms. The SMILES string of the molecule is CCN(CCO)c1ncnc(Nc2ccc(C(=O)OCC(C)C)cc2)c1[N+](=O)[O-]. The molecule has 1 heterocycles. The minimum Gasteiger partial charge on any atom is -0.462 e. The van der Waals surface area contributed by atoms with Gasteiger partial charge in [-0.05, 0) is 37.1 Å². The number of rotatable bonds is 10. The number of nitro groups is 1. The molecule has 156 valence electrons. The highest BCUT2D eigenvalue weighted by atomic mass is 16.6. The van der Waals surface area contributed by atoms with Gasteiger partial charge in [0.2, 0.25) is 11.6 Å². The summed E-state index contributed by atoms with van der Waals surface area (Å²) in [5.74, 6) is -0.0477. The van der Waals surface area contributed by atoms with E-state index in [2.05, 4.69) is 15.3 Å². The van der Waals surface area contributed by atoms with Crippen LogP contribution in [0.5, 0.6) is 0 Å². The monoisotopic (exact) mass is 403 g/mol. The summed E-state index contributed by atoms with van der Waals surface area (Å²) < 4.78 is 5.18. The number of nitrogens with zero attached hydrogens (tertiary/aromatic N) is 4. The molecule has 1 aromatic heterocycles. The Bertz CT molecular complexity index is 841. The number of hydrogen-bond donors (Lipinski definition) is 2. The Kier molecular flexibility index (Phi) is 7.84. The third kappa shape index (κ3) is 5.85. The van der Waals surface area contributed by atoms with Crippen molar-refractivity contribution in [2.75, 3.05) is 36.5 Å². The number of benzene rings is 1. The lowest BCUT2D eigenvalue weighted by Crippen LogP contribution is -2.28. The number of anilines is 3. The summed E-state index contributed by atoms with van der Waals surface area (Å²) >= 11 is 0. The normalized spacial score (nSPS) is 10.7. The van der Waals surface area contributed by atoms with Crippen molar-refractivity contribution in [1.82, 2.24) is 9.97 Å². The largest absolute Gasteiger partial charge is 0.462 e. The Morgan fingerprint density at radius 1 is 1.31 bits per heavy atom. The summed E-state index contributed by atoms with van der Waals surface area (Å²) in [5.41, 5.74) is 0.612. The van der Waals surface area contributed by atoms with Crippen LogP contribution in [0.1, 0.15) is 31.1 Å². The number of nitrogens with one attached hydrogen (secondary N) is 1. The van der Waals surface area contributed by atoms with Crippen LogP contribution in [0, 0.1) is 16.0 Å². The molecule has 0 saturated carbocycles. The van der Waals surface area contributed by atoms with Gasteiger partial charge >= 0.3 is 11.7 Å². The van der Waals surface area contributed by atoms with Crippen LogP contribution in [-0.4, -0.2) is 52.3 Å². The minimum absolute atomic E-state index is 0.0199. The van der Waals surface area contributed by atoms with Gasteiger partial charge in [0.1, 0.15) is 6.33 Å². The Hall–Kier alpha value is -3.27. The van der Waals surface area contributed by atoms with Gasteiger partial charge in [0, 0.05) is 18.8 Å². The molecule has 0 unspecified atom stereocenters. The Morgan fingerprint density at radius 3 is 2.55 bits per heavy atom. The maximum atomic E-state index is 12.0. The van der Waals surface area contributed by atoms with Gasteiger partial charge in [-0.3, -0.25) is 10.1 Å². The van der Waals surface area contributed by atoms with Crippen molar-refractivity contribution in [2.45, 2.75) is 20.8 Å². The van der Waals surface area contributed by atoms with Crippen molar-refractivity contribution >= 4 is 29.0 Å². The Morgan fingerprint density at radius 2 is 2.00 bits per heavy atom. The lowest BCUT2D eigenvalue weighted by atomic mass is 10.2. The summed E-state index contributed by atoms with van der Waals surface area (Å²) in [7, 11) is 0. The van der Waals surface area contributed by atoms with Gasteiger partial charge in [-0.1, -0.05) is 13.8 Å². The number of carbonyl (C=O) groups is 1. The molecular weight excluding hydrogens is 378 g/mol. The molecule has 1 aromatic carbocycles. The molecule has 0 bridgehead atoms. The second kappa shape index (κ2) is 10.3. The van der Waals surface area contributed by atoms with E-state index in [1.54, 1.807) is 29.2 Å². The first-order chi connectivity index (χ1) is 13.9. The molecule has 0 radical (unpaired) electrons. The van der Waals surface area contributed by atoms with Crippen LogP contribution in [0.15, 0.2) is 30.6 Å². The molecule has 10 nitrogen and oxygen atoms in total. The van der Waals surface area contributed by atoms with E-state index in [1.165, 1.54) is 6.33 Å². The zero-order valence-electron chi connectivity index (χ0n) is 16.7. The number of aromatic nitrogens is 2. The number of esters is 1. The predicted octanol–water partition coefficient (Wildman–Crippen LogP) is 2.76. The van der Waals surface area contributed by atoms with E-state index in [0.717, 1.165) is 0 Å². The molecule has 0 spiro atoms. The van der Waals surface area contributed by atoms with Gasteiger partial charge in [0.05, 0.1) is 23.7 Å². The van der Waals surface area contributed by atoms with Crippen molar-refractivity contribution in [2.24, 2.45) is 5.92 Å². The van der Waals surface area contributed by atoms with Crippen molar-refractivity contribution in [1.29, 1.82) is 0 Å². The van der Waals surface area contributed by atoms with Crippen LogP contribution in [0.25, 0.3) is 0 Å². The predicted molar refractivity (Wildman–Crippen MR) is 109 cm³/mol. The summed E-state index contributed by atoms with van der Waals surface area (Å²) in [6, 6.07) is 6.37. The lowest BCUT2D eigenvalue weighted by molar-refractivity contribution is -0.383. The van der Waals surface area contributed by atoms with Gasteiger partial charge in [-0.2, -0.15) is 0 Å².